The van der Waals surface area contributed by atoms with Crippen LogP contribution in [0.2, 0.25) is 0 Å². The monoisotopic (exact) mass is 484 g/mol. The van der Waals surface area contributed by atoms with Crippen LogP contribution in [0.5, 0.6) is 5.75 Å². The summed E-state index contributed by atoms with van der Waals surface area (Å²) in [7, 11) is 1.63. The fraction of sp³-hybridized carbons (Fsp3) is 0.259. The van der Waals surface area contributed by atoms with E-state index in [2.05, 4.69) is 20.6 Å². The van der Waals surface area contributed by atoms with Gasteiger partial charge in [0.05, 0.1) is 25.5 Å². The third kappa shape index (κ3) is 5.30. The van der Waals surface area contributed by atoms with Crippen LogP contribution in [0.15, 0.2) is 89.0 Å². The van der Waals surface area contributed by atoms with Gasteiger partial charge in [0, 0.05) is 36.7 Å². The standard InChI is InChI=1S/C27H28N6O3/c1-36-23-10-5-19(6-11-23)18-32-15-13-28-26(27(32)35)31-21-8-7-20(16-21)30-24-12-9-22(17-29-24)33-14-3-2-4-25(33)34/h2-6,9-15,17,20-21H,7-8,16,18H2,1H3,(H,28,31)(H,29,30)/t20-,21-/m0/s1. The van der Waals surface area contributed by atoms with Crippen molar-refractivity contribution in [3.05, 3.63) is 106 Å². The summed E-state index contributed by atoms with van der Waals surface area (Å²) in [4.78, 5) is 33.8. The number of ether oxygens (including phenoxy) is 1. The van der Waals surface area contributed by atoms with Gasteiger partial charge < -0.3 is 19.9 Å². The number of hydrogen-bond acceptors (Lipinski definition) is 7. The highest BCUT2D eigenvalue weighted by Gasteiger charge is 2.26. The van der Waals surface area contributed by atoms with Gasteiger partial charge in [0.15, 0.2) is 5.82 Å². The molecule has 4 aromatic rings. The molecule has 1 aromatic carbocycles. The summed E-state index contributed by atoms with van der Waals surface area (Å²) in [5.74, 6) is 1.91. The molecule has 0 spiro atoms. The van der Waals surface area contributed by atoms with E-state index in [1.807, 2.05) is 42.5 Å². The number of hydrogen-bond donors (Lipinski definition) is 2. The largest absolute Gasteiger partial charge is 0.497 e. The number of pyridine rings is 2. The van der Waals surface area contributed by atoms with Crippen LogP contribution in [0.25, 0.3) is 5.69 Å². The van der Waals surface area contributed by atoms with Crippen molar-refractivity contribution < 1.29 is 4.74 Å². The Morgan fingerprint density at radius 2 is 1.75 bits per heavy atom. The molecule has 0 amide bonds. The van der Waals surface area contributed by atoms with Gasteiger partial charge >= 0.3 is 0 Å². The van der Waals surface area contributed by atoms with Crippen molar-refractivity contribution in [3.8, 4) is 11.4 Å². The number of nitrogens with one attached hydrogen (secondary N) is 2. The lowest BCUT2D eigenvalue weighted by molar-refractivity contribution is 0.414. The van der Waals surface area contributed by atoms with Gasteiger partial charge in [-0.2, -0.15) is 0 Å². The molecule has 2 N–H and O–H groups in total. The Labute approximate surface area is 208 Å². The van der Waals surface area contributed by atoms with Gasteiger partial charge in [0.25, 0.3) is 11.1 Å². The molecule has 3 aromatic heterocycles. The molecule has 9 nitrogen and oxygen atoms in total. The molecule has 2 atom stereocenters. The van der Waals surface area contributed by atoms with Gasteiger partial charge in [-0.15, -0.1) is 0 Å². The fourth-order valence-corrected chi connectivity index (χ4v) is 4.50. The smallest absolute Gasteiger partial charge is 0.293 e. The molecule has 36 heavy (non-hydrogen) atoms. The van der Waals surface area contributed by atoms with Gasteiger partial charge in [-0.3, -0.25) is 14.2 Å². The average molecular weight is 485 g/mol. The molecule has 0 bridgehead atoms. The third-order valence-electron chi connectivity index (χ3n) is 6.40. The van der Waals surface area contributed by atoms with E-state index in [1.54, 1.807) is 47.1 Å². The van der Waals surface area contributed by atoms with E-state index in [4.69, 9.17) is 4.74 Å². The lowest BCUT2D eigenvalue weighted by Crippen LogP contribution is -2.29. The molecule has 5 rings (SSSR count). The molecule has 0 unspecified atom stereocenters. The van der Waals surface area contributed by atoms with E-state index < -0.39 is 0 Å². The minimum Gasteiger partial charge on any atom is -0.497 e. The summed E-state index contributed by atoms with van der Waals surface area (Å²) >= 11 is 0. The Morgan fingerprint density at radius 3 is 2.47 bits per heavy atom. The Balaban J connectivity index is 1.19. The molecular weight excluding hydrogens is 456 g/mol. The zero-order chi connectivity index (χ0) is 24.9. The van der Waals surface area contributed by atoms with Gasteiger partial charge in [-0.1, -0.05) is 18.2 Å². The highest BCUT2D eigenvalue weighted by molar-refractivity contribution is 5.42. The SMILES string of the molecule is COc1ccc(Cn2ccnc(N[C@H]3CC[C@H](Nc4ccc(-n5ccccc5=O)cn4)C3)c2=O)cc1. The van der Waals surface area contributed by atoms with E-state index >= 15 is 0 Å². The molecule has 1 aliphatic rings. The van der Waals surface area contributed by atoms with Crippen LogP contribution in [0.3, 0.4) is 0 Å². The molecule has 1 saturated carbocycles. The molecule has 0 radical (unpaired) electrons. The quantitative estimate of drug-likeness (QED) is 0.396. The van der Waals surface area contributed by atoms with Crippen molar-refractivity contribution in [3.63, 3.8) is 0 Å². The minimum absolute atomic E-state index is 0.0951. The molecule has 1 aliphatic carbocycles. The molecule has 3 heterocycles. The van der Waals surface area contributed by atoms with Crippen LogP contribution in [-0.4, -0.2) is 38.3 Å². The highest BCUT2D eigenvalue weighted by atomic mass is 16.5. The van der Waals surface area contributed by atoms with Gasteiger partial charge in [0.1, 0.15) is 11.6 Å². The van der Waals surface area contributed by atoms with Crippen molar-refractivity contribution in [1.82, 2.24) is 19.1 Å². The first-order chi connectivity index (χ1) is 17.6. The maximum atomic E-state index is 13.0. The van der Waals surface area contributed by atoms with Crippen molar-refractivity contribution >= 4 is 11.6 Å². The van der Waals surface area contributed by atoms with Crippen LogP contribution < -0.4 is 26.5 Å². The maximum absolute atomic E-state index is 13.0. The van der Waals surface area contributed by atoms with E-state index in [-0.39, 0.29) is 23.2 Å². The number of benzene rings is 1. The van der Waals surface area contributed by atoms with E-state index in [1.165, 1.54) is 6.07 Å². The van der Waals surface area contributed by atoms with Crippen molar-refractivity contribution in [1.29, 1.82) is 0 Å². The zero-order valence-electron chi connectivity index (χ0n) is 20.0. The molecule has 184 valence electrons. The highest BCUT2D eigenvalue weighted by Crippen LogP contribution is 2.24. The number of methoxy groups -OCH3 is 1. The molecule has 0 aliphatic heterocycles. The van der Waals surface area contributed by atoms with E-state index in [0.29, 0.717) is 12.4 Å². The maximum Gasteiger partial charge on any atom is 0.293 e. The second-order valence-electron chi connectivity index (χ2n) is 8.86. The lowest BCUT2D eigenvalue weighted by atomic mass is 10.2. The summed E-state index contributed by atoms with van der Waals surface area (Å²) in [6.45, 7) is 0.464. The molecule has 9 heteroatoms. The lowest BCUT2D eigenvalue weighted by Gasteiger charge is -2.16. The fourth-order valence-electron chi connectivity index (χ4n) is 4.50. The van der Waals surface area contributed by atoms with Crippen LogP contribution in [0.1, 0.15) is 24.8 Å². The topological polar surface area (TPSA) is 103 Å². The minimum atomic E-state index is -0.141. The molecular formula is C27H28N6O3. The van der Waals surface area contributed by atoms with Gasteiger partial charge in [-0.05, 0) is 55.2 Å². The summed E-state index contributed by atoms with van der Waals surface area (Å²) in [5, 5.41) is 6.81. The predicted molar refractivity (Wildman–Crippen MR) is 139 cm³/mol. The number of aromatic nitrogens is 4. The third-order valence-corrected chi connectivity index (χ3v) is 6.40. The predicted octanol–water partition coefficient (Wildman–Crippen LogP) is 3.29. The second kappa shape index (κ2) is 10.5. The second-order valence-corrected chi connectivity index (χ2v) is 8.86. The summed E-state index contributed by atoms with van der Waals surface area (Å²) in [6.07, 6.45) is 9.48. The van der Waals surface area contributed by atoms with E-state index in [0.717, 1.165) is 42.1 Å². The summed E-state index contributed by atoms with van der Waals surface area (Å²) in [6, 6.07) is 16.8. The van der Waals surface area contributed by atoms with Crippen LogP contribution in [-0.2, 0) is 6.54 Å². The average Bonchev–Trinajstić information content (AvgIpc) is 3.34. The number of anilines is 2. The number of nitrogens with zero attached hydrogens (tertiary/aromatic N) is 4. The van der Waals surface area contributed by atoms with Gasteiger partial charge in [-0.25, -0.2) is 9.97 Å². The Morgan fingerprint density at radius 1 is 0.944 bits per heavy atom. The first kappa shape index (κ1) is 23.3. The zero-order valence-corrected chi connectivity index (χ0v) is 20.0. The first-order valence-electron chi connectivity index (χ1n) is 11.9. The van der Waals surface area contributed by atoms with Gasteiger partial charge in [0.2, 0.25) is 0 Å². The number of rotatable bonds is 8. The van der Waals surface area contributed by atoms with Crippen LogP contribution >= 0.6 is 0 Å². The van der Waals surface area contributed by atoms with E-state index in [9.17, 15) is 9.59 Å². The summed E-state index contributed by atoms with van der Waals surface area (Å²) in [5.41, 5.74) is 1.49. The van der Waals surface area contributed by atoms with Crippen LogP contribution in [0, 0.1) is 0 Å². The van der Waals surface area contributed by atoms with Crippen molar-refractivity contribution in [2.75, 3.05) is 17.7 Å². The Bertz CT molecular complexity index is 1430. The Hall–Kier alpha value is -4.40. The van der Waals surface area contributed by atoms with Crippen molar-refractivity contribution in [2.24, 2.45) is 0 Å². The Kier molecular flexibility index (Phi) is 6.79. The molecule has 0 saturated heterocycles. The summed E-state index contributed by atoms with van der Waals surface area (Å²) < 4.78 is 8.41. The van der Waals surface area contributed by atoms with Crippen LogP contribution in [0.4, 0.5) is 11.6 Å². The first-order valence-corrected chi connectivity index (χ1v) is 11.9. The van der Waals surface area contributed by atoms with Crippen molar-refractivity contribution in [2.45, 2.75) is 37.9 Å². The normalized spacial score (nSPS) is 17.0. The molecule has 1 fully saturated rings.